The van der Waals surface area contributed by atoms with E-state index < -0.39 is 0 Å². The van der Waals surface area contributed by atoms with Gasteiger partial charge in [-0.2, -0.15) is 0 Å². The summed E-state index contributed by atoms with van der Waals surface area (Å²) >= 11 is 4.89. The van der Waals surface area contributed by atoms with Crippen LogP contribution in [0.1, 0.15) is 5.56 Å². The summed E-state index contributed by atoms with van der Waals surface area (Å²) in [7, 11) is 0. The van der Waals surface area contributed by atoms with E-state index in [0.717, 1.165) is 14.9 Å². The van der Waals surface area contributed by atoms with Gasteiger partial charge in [-0.1, -0.05) is 15.9 Å². The number of rotatable bonds is 4. The first kappa shape index (κ1) is 11.0. The first-order valence-electron chi connectivity index (χ1n) is 3.91. The molecule has 72 valence electrons. The van der Waals surface area contributed by atoms with Crippen LogP contribution in [0, 0.1) is 0 Å². The first-order valence-corrected chi connectivity index (χ1v) is 5.68. The summed E-state index contributed by atoms with van der Waals surface area (Å²) in [6, 6.07) is 5.76. The van der Waals surface area contributed by atoms with Gasteiger partial charge in [0.05, 0.1) is 13.2 Å². The summed E-state index contributed by atoms with van der Waals surface area (Å²) in [6.07, 6.45) is 0. The fourth-order valence-corrected chi connectivity index (χ4v) is 2.16. The summed E-state index contributed by atoms with van der Waals surface area (Å²) in [4.78, 5) is 1.03. The van der Waals surface area contributed by atoms with Crippen LogP contribution in [0.5, 0.6) is 0 Å². The van der Waals surface area contributed by atoms with E-state index in [-0.39, 0.29) is 13.2 Å². The zero-order valence-corrected chi connectivity index (χ0v) is 9.44. The molecule has 2 nitrogen and oxygen atoms in total. The van der Waals surface area contributed by atoms with Crippen LogP contribution in [-0.2, 0) is 6.61 Å². The molecule has 0 bridgehead atoms. The lowest BCUT2D eigenvalue weighted by atomic mass is 10.2. The van der Waals surface area contributed by atoms with Gasteiger partial charge in [-0.05, 0) is 23.8 Å². The Balaban J connectivity index is 2.79. The van der Waals surface area contributed by atoms with Crippen LogP contribution in [0.15, 0.2) is 27.6 Å². The Morgan fingerprint density at radius 2 is 2.08 bits per heavy atom. The molecule has 0 saturated carbocycles. The highest BCUT2D eigenvalue weighted by atomic mass is 79.9. The molecule has 13 heavy (non-hydrogen) atoms. The van der Waals surface area contributed by atoms with E-state index in [2.05, 4.69) is 15.9 Å². The molecule has 0 radical (unpaired) electrons. The number of hydrogen-bond donors (Lipinski definition) is 2. The average Bonchev–Trinajstić information content (AvgIpc) is 2.16. The SMILES string of the molecule is OCCSc1ccc(Br)cc1CO. The zero-order valence-electron chi connectivity index (χ0n) is 7.03. The van der Waals surface area contributed by atoms with Crippen molar-refractivity contribution in [2.75, 3.05) is 12.4 Å². The van der Waals surface area contributed by atoms with Gasteiger partial charge in [0.2, 0.25) is 0 Å². The van der Waals surface area contributed by atoms with Crippen molar-refractivity contribution in [2.24, 2.45) is 0 Å². The van der Waals surface area contributed by atoms with Crippen molar-refractivity contribution in [3.63, 3.8) is 0 Å². The van der Waals surface area contributed by atoms with E-state index >= 15 is 0 Å². The van der Waals surface area contributed by atoms with Gasteiger partial charge < -0.3 is 10.2 Å². The number of hydrogen-bond acceptors (Lipinski definition) is 3. The molecule has 0 aromatic heterocycles. The normalized spacial score (nSPS) is 10.4. The molecule has 0 atom stereocenters. The lowest BCUT2D eigenvalue weighted by Gasteiger charge is -2.06. The van der Waals surface area contributed by atoms with Crippen LogP contribution in [-0.4, -0.2) is 22.6 Å². The maximum absolute atomic E-state index is 9.05. The van der Waals surface area contributed by atoms with Crippen LogP contribution in [0.25, 0.3) is 0 Å². The van der Waals surface area contributed by atoms with Gasteiger partial charge in [-0.25, -0.2) is 0 Å². The van der Waals surface area contributed by atoms with Crippen molar-refractivity contribution >= 4 is 27.7 Å². The molecule has 0 spiro atoms. The van der Waals surface area contributed by atoms with Gasteiger partial charge in [0.25, 0.3) is 0 Å². The van der Waals surface area contributed by atoms with E-state index in [1.807, 2.05) is 18.2 Å². The fraction of sp³-hybridized carbons (Fsp3) is 0.333. The average molecular weight is 263 g/mol. The molecule has 0 heterocycles. The van der Waals surface area contributed by atoms with Gasteiger partial charge in [-0.3, -0.25) is 0 Å². The highest BCUT2D eigenvalue weighted by Crippen LogP contribution is 2.25. The maximum atomic E-state index is 9.05. The van der Waals surface area contributed by atoms with Crippen LogP contribution in [0.2, 0.25) is 0 Å². The molecule has 1 rings (SSSR count). The van der Waals surface area contributed by atoms with E-state index in [9.17, 15) is 0 Å². The minimum absolute atomic E-state index is 0.0349. The molecule has 0 saturated heterocycles. The summed E-state index contributed by atoms with van der Waals surface area (Å²) in [5.41, 5.74) is 0.896. The zero-order chi connectivity index (χ0) is 9.68. The molecule has 1 aromatic rings. The third-order valence-electron chi connectivity index (χ3n) is 1.54. The molecule has 0 fully saturated rings. The second-order valence-electron chi connectivity index (χ2n) is 2.48. The van der Waals surface area contributed by atoms with E-state index in [4.69, 9.17) is 10.2 Å². The van der Waals surface area contributed by atoms with Crippen molar-refractivity contribution in [1.82, 2.24) is 0 Å². The first-order chi connectivity index (χ1) is 6.27. The van der Waals surface area contributed by atoms with Gasteiger partial charge >= 0.3 is 0 Å². The lowest BCUT2D eigenvalue weighted by molar-refractivity contribution is 0.279. The Morgan fingerprint density at radius 1 is 1.31 bits per heavy atom. The fourth-order valence-electron chi connectivity index (χ4n) is 0.968. The van der Waals surface area contributed by atoms with Gasteiger partial charge in [0.1, 0.15) is 0 Å². The smallest absolute Gasteiger partial charge is 0.0693 e. The van der Waals surface area contributed by atoms with Crippen molar-refractivity contribution in [1.29, 1.82) is 0 Å². The number of aliphatic hydroxyl groups excluding tert-OH is 2. The van der Waals surface area contributed by atoms with Crippen LogP contribution in [0.3, 0.4) is 0 Å². The molecule has 4 heteroatoms. The predicted octanol–water partition coefficient (Wildman–Crippen LogP) is 2.03. The standard InChI is InChI=1S/C9H11BrO2S/c10-8-1-2-9(13-4-3-11)7(5-8)6-12/h1-2,5,11-12H,3-4,6H2. The molecule has 0 aliphatic carbocycles. The largest absolute Gasteiger partial charge is 0.396 e. The third-order valence-corrected chi connectivity index (χ3v) is 3.13. The minimum Gasteiger partial charge on any atom is -0.396 e. The highest BCUT2D eigenvalue weighted by Gasteiger charge is 2.02. The van der Waals surface area contributed by atoms with Crippen LogP contribution >= 0.6 is 27.7 Å². The summed E-state index contributed by atoms with van der Waals surface area (Å²) in [6.45, 7) is 0.193. The minimum atomic E-state index is 0.0349. The van der Waals surface area contributed by atoms with Crippen molar-refractivity contribution in [2.45, 2.75) is 11.5 Å². The second kappa shape index (κ2) is 5.65. The Kier molecular flexibility index (Phi) is 4.80. The third kappa shape index (κ3) is 3.31. The van der Waals surface area contributed by atoms with E-state index in [1.54, 1.807) is 11.8 Å². The molecule has 0 aliphatic rings. The number of aliphatic hydroxyl groups is 2. The monoisotopic (exact) mass is 262 g/mol. The van der Waals surface area contributed by atoms with E-state index in [1.165, 1.54) is 0 Å². The van der Waals surface area contributed by atoms with Crippen molar-refractivity contribution in [3.05, 3.63) is 28.2 Å². The quantitative estimate of drug-likeness (QED) is 0.816. The number of benzene rings is 1. The van der Waals surface area contributed by atoms with Gasteiger partial charge in [-0.15, -0.1) is 11.8 Å². The Hall–Kier alpha value is -0.0300. The van der Waals surface area contributed by atoms with Gasteiger partial charge in [0.15, 0.2) is 0 Å². The molecular formula is C9H11BrO2S. The van der Waals surface area contributed by atoms with Crippen LogP contribution in [0.4, 0.5) is 0 Å². The van der Waals surface area contributed by atoms with Crippen LogP contribution < -0.4 is 0 Å². The highest BCUT2D eigenvalue weighted by molar-refractivity contribution is 9.10. The van der Waals surface area contributed by atoms with Crippen molar-refractivity contribution in [3.8, 4) is 0 Å². The molecule has 0 aliphatic heterocycles. The molecular weight excluding hydrogens is 252 g/mol. The topological polar surface area (TPSA) is 40.5 Å². The number of thioether (sulfide) groups is 1. The van der Waals surface area contributed by atoms with Gasteiger partial charge in [0, 0.05) is 15.1 Å². The Morgan fingerprint density at radius 3 is 2.69 bits per heavy atom. The lowest BCUT2D eigenvalue weighted by Crippen LogP contribution is -1.91. The number of halogens is 1. The Bertz CT molecular complexity index is 278. The predicted molar refractivity (Wildman–Crippen MR) is 57.9 cm³/mol. The van der Waals surface area contributed by atoms with E-state index in [0.29, 0.717) is 5.75 Å². The molecule has 0 unspecified atom stereocenters. The molecule has 2 N–H and O–H groups in total. The molecule has 0 amide bonds. The van der Waals surface area contributed by atoms with Crippen molar-refractivity contribution < 1.29 is 10.2 Å². The maximum Gasteiger partial charge on any atom is 0.0693 e. The Labute approximate surface area is 90.1 Å². The molecule has 1 aromatic carbocycles. The summed E-state index contributed by atoms with van der Waals surface area (Å²) in [5, 5.41) is 17.7. The summed E-state index contributed by atoms with van der Waals surface area (Å²) in [5.74, 6) is 0.661. The summed E-state index contributed by atoms with van der Waals surface area (Å²) < 4.78 is 0.963. The second-order valence-corrected chi connectivity index (χ2v) is 4.53.